The van der Waals surface area contributed by atoms with Crippen molar-refractivity contribution in [2.75, 3.05) is 7.11 Å². The third-order valence-corrected chi connectivity index (χ3v) is 3.27. The van der Waals surface area contributed by atoms with Gasteiger partial charge in [0.05, 0.1) is 7.11 Å². The summed E-state index contributed by atoms with van der Waals surface area (Å²) in [7, 11) is 1.61. The molecule has 0 spiro atoms. The van der Waals surface area contributed by atoms with Crippen molar-refractivity contribution in [3.63, 3.8) is 0 Å². The van der Waals surface area contributed by atoms with E-state index in [4.69, 9.17) is 11.2 Å². The van der Waals surface area contributed by atoms with Gasteiger partial charge in [0.2, 0.25) is 0 Å². The van der Waals surface area contributed by atoms with Gasteiger partial charge in [-0.05, 0) is 24.1 Å². The standard InChI is InChI=1S/C16H16O2/c1-3-16(17,13-7-5-4-6-8-13)14-9-11-15(18-2)12-10-14/h1,4-7,9-13,17H,8H2,2H3. The zero-order valence-corrected chi connectivity index (χ0v) is 10.3. The molecule has 1 N–H and O–H groups in total. The Balaban J connectivity index is 2.34. The lowest BCUT2D eigenvalue weighted by Crippen LogP contribution is -2.32. The van der Waals surface area contributed by atoms with Gasteiger partial charge in [0, 0.05) is 5.92 Å². The topological polar surface area (TPSA) is 29.5 Å². The molecule has 0 saturated heterocycles. The van der Waals surface area contributed by atoms with E-state index in [2.05, 4.69) is 5.92 Å². The molecule has 0 amide bonds. The van der Waals surface area contributed by atoms with Crippen molar-refractivity contribution in [1.29, 1.82) is 0 Å². The number of hydrogen-bond acceptors (Lipinski definition) is 2. The molecule has 0 bridgehead atoms. The highest BCUT2D eigenvalue weighted by Gasteiger charge is 2.34. The number of allylic oxidation sites excluding steroid dienone is 3. The van der Waals surface area contributed by atoms with Crippen molar-refractivity contribution < 1.29 is 9.84 Å². The monoisotopic (exact) mass is 240 g/mol. The van der Waals surface area contributed by atoms with Gasteiger partial charge in [0.1, 0.15) is 5.75 Å². The molecule has 2 atom stereocenters. The highest BCUT2D eigenvalue weighted by molar-refractivity contribution is 5.38. The van der Waals surface area contributed by atoms with Crippen molar-refractivity contribution in [3.05, 3.63) is 54.1 Å². The molecule has 0 radical (unpaired) electrons. The highest BCUT2D eigenvalue weighted by atomic mass is 16.5. The summed E-state index contributed by atoms with van der Waals surface area (Å²) in [5.41, 5.74) is -0.552. The Labute approximate surface area is 108 Å². The van der Waals surface area contributed by atoms with Gasteiger partial charge in [-0.3, -0.25) is 0 Å². The minimum Gasteiger partial charge on any atom is -0.497 e. The van der Waals surface area contributed by atoms with E-state index in [1.165, 1.54) is 0 Å². The number of ether oxygens (including phenoxy) is 1. The molecule has 1 aliphatic rings. The summed E-state index contributed by atoms with van der Waals surface area (Å²) in [6.45, 7) is 0. The Bertz CT molecular complexity index is 505. The Kier molecular flexibility index (Phi) is 3.55. The van der Waals surface area contributed by atoms with Gasteiger partial charge in [-0.2, -0.15) is 0 Å². The molecule has 2 nitrogen and oxygen atoms in total. The van der Waals surface area contributed by atoms with Crippen LogP contribution in [0.25, 0.3) is 0 Å². The fourth-order valence-corrected chi connectivity index (χ4v) is 2.14. The van der Waals surface area contributed by atoms with Crippen LogP contribution >= 0.6 is 0 Å². The Morgan fingerprint density at radius 2 is 2.06 bits per heavy atom. The van der Waals surface area contributed by atoms with Crippen molar-refractivity contribution in [2.24, 2.45) is 5.92 Å². The molecular formula is C16H16O2. The predicted molar refractivity (Wildman–Crippen MR) is 72.1 cm³/mol. The van der Waals surface area contributed by atoms with Crippen LogP contribution < -0.4 is 4.74 Å². The zero-order valence-electron chi connectivity index (χ0n) is 10.3. The fraction of sp³-hybridized carbons (Fsp3) is 0.250. The average Bonchev–Trinajstić information content (AvgIpc) is 2.47. The van der Waals surface area contributed by atoms with Crippen molar-refractivity contribution in [3.8, 4) is 18.1 Å². The number of methoxy groups -OCH3 is 1. The van der Waals surface area contributed by atoms with E-state index >= 15 is 0 Å². The largest absolute Gasteiger partial charge is 0.497 e. The number of aliphatic hydroxyl groups is 1. The molecule has 0 heterocycles. The Morgan fingerprint density at radius 3 is 2.56 bits per heavy atom. The smallest absolute Gasteiger partial charge is 0.157 e. The molecule has 2 unspecified atom stereocenters. The lowest BCUT2D eigenvalue weighted by molar-refractivity contribution is 0.0556. The van der Waals surface area contributed by atoms with Crippen molar-refractivity contribution >= 4 is 0 Å². The van der Waals surface area contributed by atoms with Crippen LogP contribution in [0.2, 0.25) is 0 Å². The van der Waals surface area contributed by atoms with E-state index in [-0.39, 0.29) is 5.92 Å². The first-order valence-corrected chi connectivity index (χ1v) is 5.88. The molecule has 0 aromatic heterocycles. The highest BCUT2D eigenvalue weighted by Crippen LogP contribution is 2.34. The molecule has 18 heavy (non-hydrogen) atoms. The van der Waals surface area contributed by atoms with Crippen LogP contribution in [0.3, 0.4) is 0 Å². The number of benzene rings is 1. The molecule has 2 rings (SSSR count). The first-order chi connectivity index (χ1) is 8.70. The Hall–Kier alpha value is -1.98. The van der Waals surface area contributed by atoms with E-state index in [0.29, 0.717) is 0 Å². The minimum absolute atomic E-state index is 0.0964. The second kappa shape index (κ2) is 5.12. The summed E-state index contributed by atoms with van der Waals surface area (Å²) >= 11 is 0. The fourth-order valence-electron chi connectivity index (χ4n) is 2.14. The van der Waals surface area contributed by atoms with Crippen molar-refractivity contribution in [1.82, 2.24) is 0 Å². The summed E-state index contributed by atoms with van der Waals surface area (Å²) in [5.74, 6) is 3.18. The van der Waals surface area contributed by atoms with Gasteiger partial charge < -0.3 is 9.84 Å². The van der Waals surface area contributed by atoms with E-state index in [1.807, 2.05) is 36.4 Å². The predicted octanol–water partition coefficient (Wildman–Crippen LogP) is 2.65. The minimum atomic E-state index is -1.27. The summed E-state index contributed by atoms with van der Waals surface area (Å²) in [5, 5.41) is 10.7. The number of hydrogen-bond donors (Lipinski definition) is 1. The lowest BCUT2D eigenvalue weighted by Gasteiger charge is -2.30. The van der Waals surface area contributed by atoms with Gasteiger partial charge >= 0.3 is 0 Å². The summed E-state index contributed by atoms with van der Waals surface area (Å²) in [6, 6.07) is 7.23. The molecule has 0 fully saturated rings. The average molecular weight is 240 g/mol. The molecule has 1 aromatic rings. The lowest BCUT2D eigenvalue weighted by atomic mass is 9.78. The van der Waals surface area contributed by atoms with E-state index in [9.17, 15) is 5.11 Å². The summed E-state index contributed by atoms with van der Waals surface area (Å²) in [6.07, 6.45) is 14.1. The SMILES string of the molecule is C#CC(O)(c1ccc(OC)cc1)C1C=CC=CC1. The van der Waals surface area contributed by atoms with Crippen LogP contribution in [-0.2, 0) is 5.60 Å². The normalized spacial score (nSPS) is 21.1. The number of terminal acetylenes is 1. The molecule has 1 aromatic carbocycles. The zero-order chi connectivity index (χ0) is 13.0. The summed E-state index contributed by atoms with van der Waals surface area (Å²) < 4.78 is 5.10. The molecule has 0 saturated carbocycles. The third kappa shape index (κ3) is 2.18. The van der Waals surface area contributed by atoms with E-state index in [0.717, 1.165) is 17.7 Å². The maximum absolute atomic E-state index is 10.7. The molecule has 92 valence electrons. The maximum Gasteiger partial charge on any atom is 0.157 e. The van der Waals surface area contributed by atoms with Crippen LogP contribution in [0.5, 0.6) is 5.75 Å². The van der Waals surface area contributed by atoms with Gasteiger partial charge in [0.25, 0.3) is 0 Å². The Morgan fingerprint density at radius 1 is 1.33 bits per heavy atom. The maximum atomic E-state index is 10.7. The number of rotatable bonds is 3. The van der Waals surface area contributed by atoms with Crippen LogP contribution in [0, 0.1) is 18.3 Å². The van der Waals surface area contributed by atoms with Gasteiger partial charge in [0.15, 0.2) is 5.60 Å². The second-order valence-corrected chi connectivity index (χ2v) is 4.29. The third-order valence-electron chi connectivity index (χ3n) is 3.27. The van der Waals surface area contributed by atoms with Crippen molar-refractivity contribution in [2.45, 2.75) is 12.0 Å². The molecular weight excluding hydrogens is 224 g/mol. The van der Waals surface area contributed by atoms with Gasteiger partial charge in [-0.1, -0.05) is 42.4 Å². The van der Waals surface area contributed by atoms with Gasteiger partial charge in [-0.15, -0.1) is 6.42 Å². The van der Waals surface area contributed by atoms with Gasteiger partial charge in [-0.25, -0.2) is 0 Å². The summed E-state index contributed by atoms with van der Waals surface area (Å²) in [4.78, 5) is 0. The van der Waals surface area contributed by atoms with Crippen LogP contribution in [0.1, 0.15) is 12.0 Å². The van der Waals surface area contributed by atoms with Crippen LogP contribution in [-0.4, -0.2) is 12.2 Å². The first kappa shape index (κ1) is 12.5. The van der Waals surface area contributed by atoms with E-state index in [1.54, 1.807) is 19.2 Å². The van der Waals surface area contributed by atoms with Crippen LogP contribution in [0.15, 0.2) is 48.6 Å². The molecule has 0 aliphatic heterocycles. The quantitative estimate of drug-likeness (QED) is 0.823. The van der Waals surface area contributed by atoms with E-state index < -0.39 is 5.60 Å². The van der Waals surface area contributed by atoms with Crippen LogP contribution in [0.4, 0.5) is 0 Å². The molecule has 2 heteroatoms. The molecule has 1 aliphatic carbocycles. The first-order valence-electron chi connectivity index (χ1n) is 5.88. The second-order valence-electron chi connectivity index (χ2n) is 4.29.